The number of thioether (sulfide) groups is 1. The van der Waals surface area contributed by atoms with E-state index in [4.69, 9.17) is 4.74 Å². The Hall–Kier alpha value is -0.550. The smallest absolute Gasteiger partial charge is 0.317 e. The van der Waals surface area contributed by atoms with E-state index >= 15 is 0 Å². The first-order chi connectivity index (χ1) is 9.54. The van der Waals surface area contributed by atoms with E-state index < -0.39 is 5.41 Å². The standard InChI is InChI=1S/C15H23NO2S2/c1-4-18-14(17)15(2,3)12-9-20-13(16-12)10-19-11-7-5-6-8-11/h9,11H,4-8,10H2,1-3H3. The quantitative estimate of drug-likeness (QED) is 0.739. The third-order valence-electron chi connectivity index (χ3n) is 3.72. The average Bonchev–Trinajstić information content (AvgIpc) is 3.08. The van der Waals surface area contributed by atoms with E-state index in [0.29, 0.717) is 6.61 Å². The van der Waals surface area contributed by atoms with E-state index in [2.05, 4.69) is 4.98 Å². The van der Waals surface area contributed by atoms with Gasteiger partial charge in [0.25, 0.3) is 0 Å². The molecule has 1 aromatic rings. The molecular formula is C15H23NO2S2. The molecule has 1 aliphatic carbocycles. The Kier molecular flexibility index (Phi) is 5.49. The fourth-order valence-corrected chi connectivity index (χ4v) is 4.66. The van der Waals surface area contributed by atoms with Crippen LogP contribution in [0.3, 0.4) is 0 Å². The zero-order valence-electron chi connectivity index (χ0n) is 12.5. The monoisotopic (exact) mass is 313 g/mol. The van der Waals surface area contributed by atoms with E-state index in [1.165, 1.54) is 25.7 Å². The zero-order valence-corrected chi connectivity index (χ0v) is 14.1. The lowest BCUT2D eigenvalue weighted by Gasteiger charge is -2.19. The van der Waals surface area contributed by atoms with Crippen molar-refractivity contribution < 1.29 is 9.53 Å². The number of thiazole rings is 1. The third-order valence-corrected chi connectivity index (χ3v) is 6.14. The van der Waals surface area contributed by atoms with Gasteiger partial charge in [-0.3, -0.25) is 4.79 Å². The summed E-state index contributed by atoms with van der Waals surface area (Å²) in [6.45, 7) is 6.01. The average molecular weight is 313 g/mol. The van der Waals surface area contributed by atoms with Crippen LogP contribution in [-0.4, -0.2) is 22.8 Å². The molecule has 112 valence electrons. The Morgan fingerprint density at radius 1 is 1.50 bits per heavy atom. The van der Waals surface area contributed by atoms with Crippen molar-refractivity contribution in [3.8, 4) is 0 Å². The van der Waals surface area contributed by atoms with Gasteiger partial charge in [0.1, 0.15) is 10.4 Å². The predicted molar refractivity (Wildman–Crippen MR) is 85.3 cm³/mol. The minimum Gasteiger partial charge on any atom is -0.465 e. The van der Waals surface area contributed by atoms with Crippen molar-refractivity contribution in [2.45, 2.75) is 62.9 Å². The fourth-order valence-electron chi connectivity index (χ4n) is 2.32. The maximum Gasteiger partial charge on any atom is 0.317 e. The van der Waals surface area contributed by atoms with Crippen molar-refractivity contribution in [2.75, 3.05) is 6.61 Å². The summed E-state index contributed by atoms with van der Waals surface area (Å²) in [5, 5.41) is 3.93. The zero-order chi connectivity index (χ0) is 14.6. The maximum atomic E-state index is 12.0. The van der Waals surface area contributed by atoms with Crippen LogP contribution < -0.4 is 0 Å². The molecule has 0 bridgehead atoms. The Morgan fingerprint density at radius 3 is 2.85 bits per heavy atom. The molecule has 1 saturated carbocycles. The van der Waals surface area contributed by atoms with Gasteiger partial charge in [-0.1, -0.05) is 12.8 Å². The van der Waals surface area contributed by atoms with Gasteiger partial charge in [-0.2, -0.15) is 11.8 Å². The number of hydrogen-bond acceptors (Lipinski definition) is 5. The summed E-state index contributed by atoms with van der Waals surface area (Å²) < 4.78 is 5.13. The van der Waals surface area contributed by atoms with E-state index in [1.807, 2.05) is 37.9 Å². The third kappa shape index (κ3) is 3.76. The summed E-state index contributed by atoms with van der Waals surface area (Å²) in [6.07, 6.45) is 5.43. The molecule has 0 saturated heterocycles. The first kappa shape index (κ1) is 15.8. The van der Waals surface area contributed by atoms with E-state index in [-0.39, 0.29) is 5.97 Å². The number of nitrogens with zero attached hydrogens (tertiary/aromatic N) is 1. The minimum atomic E-state index is -0.650. The minimum absolute atomic E-state index is 0.194. The number of carbonyl (C=O) groups excluding carboxylic acids is 1. The van der Waals surface area contributed by atoms with Crippen molar-refractivity contribution in [3.63, 3.8) is 0 Å². The van der Waals surface area contributed by atoms with Gasteiger partial charge >= 0.3 is 5.97 Å². The molecule has 1 aromatic heterocycles. The molecule has 1 heterocycles. The molecule has 0 spiro atoms. The summed E-state index contributed by atoms with van der Waals surface area (Å²) in [5.74, 6) is 0.772. The Balaban J connectivity index is 1.95. The first-order valence-corrected chi connectivity index (χ1v) is 9.20. The van der Waals surface area contributed by atoms with Crippen LogP contribution in [0.25, 0.3) is 0 Å². The van der Waals surface area contributed by atoms with Crippen LogP contribution >= 0.6 is 23.1 Å². The van der Waals surface area contributed by atoms with Gasteiger partial charge < -0.3 is 4.74 Å². The maximum absolute atomic E-state index is 12.0. The molecule has 5 heteroatoms. The molecule has 0 radical (unpaired) electrons. The Morgan fingerprint density at radius 2 is 2.20 bits per heavy atom. The molecule has 2 rings (SSSR count). The predicted octanol–water partition coefficient (Wildman–Crippen LogP) is 4.16. The highest BCUT2D eigenvalue weighted by atomic mass is 32.2. The van der Waals surface area contributed by atoms with Crippen molar-refractivity contribution in [1.82, 2.24) is 4.98 Å². The molecule has 3 nitrogen and oxygen atoms in total. The highest BCUT2D eigenvalue weighted by Gasteiger charge is 2.33. The van der Waals surface area contributed by atoms with Crippen LogP contribution in [0.4, 0.5) is 0 Å². The lowest BCUT2D eigenvalue weighted by Crippen LogP contribution is -2.31. The summed E-state index contributed by atoms with van der Waals surface area (Å²) in [6, 6.07) is 0. The van der Waals surface area contributed by atoms with Crippen LogP contribution in [0.1, 0.15) is 57.2 Å². The highest BCUT2D eigenvalue weighted by molar-refractivity contribution is 7.99. The van der Waals surface area contributed by atoms with Crippen molar-refractivity contribution in [1.29, 1.82) is 0 Å². The van der Waals surface area contributed by atoms with Gasteiger partial charge in [0.2, 0.25) is 0 Å². The summed E-state index contributed by atoms with van der Waals surface area (Å²) >= 11 is 3.67. The number of ether oxygens (including phenoxy) is 1. The van der Waals surface area contributed by atoms with Crippen molar-refractivity contribution in [2.24, 2.45) is 0 Å². The molecular weight excluding hydrogens is 290 g/mol. The fraction of sp³-hybridized carbons (Fsp3) is 0.733. The molecule has 0 unspecified atom stereocenters. The molecule has 0 N–H and O–H groups in total. The second-order valence-electron chi connectivity index (χ2n) is 5.69. The van der Waals surface area contributed by atoms with Gasteiger partial charge in [0.05, 0.1) is 12.3 Å². The van der Waals surface area contributed by atoms with Crippen molar-refractivity contribution in [3.05, 3.63) is 16.1 Å². The van der Waals surface area contributed by atoms with Crippen LogP contribution in [0, 0.1) is 0 Å². The van der Waals surface area contributed by atoms with E-state index in [0.717, 1.165) is 21.7 Å². The van der Waals surface area contributed by atoms with Crippen LogP contribution in [-0.2, 0) is 20.7 Å². The number of carbonyl (C=O) groups is 1. The van der Waals surface area contributed by atoms with Gasteiger partial charge in [-0.15, -0.1) is 11.3 Å². The topological polar surface area (TPSA) is 39.2 Å². The Bertz CT molecular complexity index is 450. The second-order valence-corrected chi connectivity index (χ2v) is 7.92. The number of hydrogen-bond donors (Lipinski definition) is 0. The normalized spacial score (nSPS) is 16.6. The second kappa shape index (κ2) is 6.94. The molecule has 1 fully saturated rings. The summed E-state index contributed by atoms with van der Waals surface area (Å²) in [5.41, 5.74) is 0.186. The molecule has 0 amide bonds. The van der Waals surface area contributed by atoms with E-state index in [9.17, 15) is 4.79 Å². The SMILES string of the molecule is CCOC(=O)C(C)(C)c1csc(CSC2CCCC2)n1. The molecule has 0 aliphatic heterocycles. The van der Waals surface area contributed by atoms with Gasteiger partial charge in [-0.25, -0.2) is 4.98 Å². The number of esters is 1. The summed E-state index contributed by atoms with van der Waals surface area (Å²) in [4.78, 5) is 16.6. The largest absolute Gasteiger partial charge is 0.465 e. The number of rotatable bonds is 6. The summed E-state index contributed by atoms with van der Waals surface area (Å²) in [7, 11) is 0. The molecule has 0 atom stereocenters. The van der Waals surface area contributed by atoms with Crippen LogP contribution in [0.15, 0.2) is 5.38 Å². The highest BCUT2D eigenvalue weighted by Crippen LogP contribution is 2.33. The lowest BCUT2D eigenvalue weighted by atomic mass is 9.90. The molecule has 1 aliphatic rings. The van der Waals surface area contributed by atoms with Gasteiger partial charge in [0.15, 0.2) is 0 Å². The van der Waals surface area contributed by atoms with Crippen molar-refractivity contribution >= 4 is 29.1 Å². The van der Waals surface area contributed by atoms with Gasteiger partial charge in [-0.05, 0) is 33.6 Å². The van der Waals surface area contributed by atoms with E-state index in [1.54, 1.807) is 11.3 Å². The first-order valence-electron chi connectivity index (χ1n) is 7.27. The Labute approximate surface area is 129 Å². The van der Waals surface area contributed by atoms with Gasteiger partial charge in [0, 0.05) is 16.4 Å². The van der Waals surface area contributed by atoms with Crippen LogP contribution in [0.5, 0.6) is 0 Å². The molecule has 0 aromatic carbocycles. The molecule has 20 heavy (non-hydrogen) atoms. The lowest BCUT2D eigenvalue weighted by molar-refractivity contribution is -0.148. The van der Waals surface area contributed by atoms with Crippen LogP contribution in [0.2, 0.25) is 0 Å². The number of aromatic nitrogens is 1.